The van der Waals surface area contributed by atoms with Crippen molar-refractivity contribution in [1.82, 2.24) is 0 Å². The number of carbonyl (C=O) groups is 1. The Balaban J connectivity index is 1.70. The molecule has 0 atom stereocenters. The van der Waals surface area contributed by atoms with Gasteiger partial charge >= 0.3 is 5.97 Å². The molecular weight excluding hydrogens is 300 g/mol. The maximum atomic E-state index is 12.1. The molecule has 3 nitrogen and oxygen atoms in total. The number of hydrogen-bond acceptors (Lipinski definition) is 3. The lowest BCUT2D eigenvalue weighted by molar-refractivity contribution is -0.136. The summed E-state index contributed by atoms with van der Waals surface area (Å²) in [6, 6.07) is 24.9. The zero-order valence-electron chi connectivity index (χ0n) is 13.4. The van der Waals surface area contributed by atoms with Crippen molar-refractivity contribution >= 4 is 5.97 Å². The number of para-hydroxylation sites is 2. The van der Waals surface area contributed by atoms with Crippen LogP contribution in [-0.2, 0) is 4.79 Å². The minimum atomic E-state index is -0.429. The molecule has 0 saturated carbocycles. The molecule has 0 fully saturated rings. The van der Waals surface area contributed by atoms with Gasteiger partial charge in [-0.1, -0.05) is 66.7 Å². The van der Waals surface area contributed by atoms with Crippen molar-refractivity contribution in [2.24, 2.45) is 0 Å². The fourth-order valence-corrected chi connectivity index (χ4v) is 2.42. The predicted molar refractivity (Wildman–Crippen MR) is 94.2 cm³/mol. The minimum absolute atomic E-state index is 0.131. The highest BCUT2D eigenvalue weighted by Crippen LogP contribution is 2.29. The lowest BCUT2D eigenvalue weighted by Crippen LogP contribution is -2.18. The zero-order valence-corrected chi connectivity index (χ0v) is 13.4. The van der Waals surface area contributed by atoms with Crippen molar-refractivity contribution < 1.29 is 14.3 Å². The van der Waals surface area contributed by atoms with Crippen molar-refractivity contribution in [1.29, 1.82) is 0 Å². The molecule has 3 aromatic carbocycles. The number of benzene rings is 3. The Morgan fingerprint density at radius 2 is 1.42 bits per heavy atom. The Morgan fingerprint density at radius 1 is 0.792 bits per heavy atom. The van der Waals surface area contributed by atoms with Gasteiger partial charge in [-0.3, -0.25) is 0 Å². The molecule has 0 unspecified atom stereocenters. The van der Waals surface area contributed by atoms with E-state index in [1.54, 1.807) is 6.07 Å². The first-order valence-corrected chi connectivity index (χ1v) is 7.77. The van der Waals surface area contributed by atoms with Crippen LogP contribution in [0, 0.1) is 6.92 Å². The number of esters is 1. The molecule has 3 rings (SSSR count). The van der Waals surface area contributed by atoms with Gasteiger partial charge < -0.3 is 9.47 Å². The van der Waals surface area contributed by atoms with Gasteiger partial charge in [-0.25, -0.2) is 4.79 Å². The third kappa shape index (κ3) is 3.82. The molecular formula is C21H18O3. The van der Waals surface area contributed by atoms with E-state index in [1.165, 1.54) is 0 Å². The SMILES string of the molecule is Cc1ccccc1OCC(=O)Oc1ccccc1-c1ccccc1. The van der Waals surface area contributed by atoms with E-state index >= 15 is 0 Å². The summed E-state index contributed by atoms with van der Waals surface area (Å²) in [5, 5.41) is 0. The first-order chi connectivity index (χ1) is 11.7. The van der Waals surface area contributed by atoms with Crippen LogP contribution >= 0.6 is 0 Å². The van der Waals surface area contributed by atoms with E-state index in [0.717, 1.165) is 16.7 Å². The van der Waals surface area contributed by atoms with Gasteiger partial charge in [0.2, 0.25) is 0 Å². The Morgan fingerprint density at radius 3 is 2.17 bits per heavy atom. The molecule has 0 radical (unpaired) electrons. The van der Waals surface area contributed by atoms with Crippen LogP contribution in [0.4, 0.5) is 0 Å². The number of ether oxygens (including phenoxy) is 2. The summed E-state index contributed by atoms with van der Waals surface area (Å²) in [7, 11) is 0. The second-order valence-electron chi connectivity index (χ2n) is 5.39. The van der Waals surface area contributed by atoms with Gasteiger partial charge in [-0.2, -0.15) is 0 Å². The van der Waals surface area contributed by atoms with Gasteiger partial charge in [0, 0.05) is 5.56 Å². The number of carbonyl (C=O) groups excluding carboxylic acids is 1. The van der Waals surface area contributed by atoms with E-state index in [-0.39, 0.29) is 6.61 Å². The maximum Gasteiger partial charge on any atom is 0.349 e. The molecule has 120 valence electrons. The molecule has 0 aromatic heterocycles. The minimum Gasteiger partial charge on any atom is -0.482 e. The van der Waals surface area contributed by atoms with E-state index in [9.17, 15) is 4.79 Å². The Kier molecular flexibility index (Phi) is 4.92. The molecule has 0 spiro atoms. The van der Waals surface area contributed by atoms with Crippen LogP contribution in [0.25, 0.3) is 11.1 Å². The first-order valence-electron chi connectivity index (χ1n) is 7.77. The maximum absolute atomic E-state index is 12.1. The number of rotatable bonds is 5. The van der Waals surface area contributed by atoms with E-state index in [1.807, 2.05) is 79.7 Å². The van der Waals surface area contributed by atoms with Crippen molar-refractivity contribution in [3.8, 4) is 22.6 Å². The van der Waals surface area contributed by atoms with Crippen LogP contribution in [-0.4, -0.2) is 12.6 Å². The van der Waals surface area contributed by atoms with Gasteiger partial charge in [0.1, 0.15) is 11.5 Å². The Bertz CT molecular complexity index is 825. The molecule has 0 aliphatic heterocycles. The average Bonchev–Trinajstić information content (AvgIpc) is 2.62. The molecule has 24 heavy (non-hydrogen) atoms. The molecule has 0 aliphatic carbocycles. The topological polar surface area (TPSA) is 35.5 Å². The summed E-state index contributed by atoms with van der Waals surface area (Å²) in [6.07, 6.45) is 0. The van der Waals surface area contributed by atoms with Crippen LogP contribution in [0.1, 0.15) is 5.56 Å². The third-order valence-corrected chi connectivity index (χ3v) is 3.63. The van der Waals surface area contributed by atoms with Gasteiger partial charge in [0.15, 0.2) is 6.61 Å². The van der Waals surface area contributed by atoms with Crippen LogP contribution in [0.2, 0.25) is 0 Å². The smallest absolute Gasteiger partial charge is 0.349 e. The van der Waals surface area contributed by atoms with Crippen molar-refractivity contribution in [3.63, 3.8) is 0 Å². The van der Waals surface area contributed by atoms with Crippen LogP contribution < -0.4 is 9.47 Å². The van der Waals surface area contributed by atoms with Gasteiger partial charge in [-0.05, 0) is 30.2 Å². The molecule has 0 saturated heterocycles. The monoisotopic (exact) mass is 318 g/mol. The third-order valence-electron chi connectivity index (χ3n) is 3.63. The van der Waals surface area contributed by atoms with E-state index in [4.69, 9.17) is 9.47 Å². The van der Waals surface area contributed by atoms with Gasteiger partial charge in [0.25, 0.3) is 0 Å². The molecule has 0 heterocycles. The zero-order chi connectivity index (χ0) is 16.8. The normalized spacial score (nSPS) is 10.2. The van der Waals surface area contributed by atoms with Crippen LogP contribution in [0.5, 0.6) is 11.5 Å². The molecule has 3 heteroatoms. The largest absolute Gasteiger partial charge is 0.482 e. The fraction of sp³-hybridized carbons (Fsp3) is 0.0952. The quantitative estimate of drug-likeness (QED) is 0.507. The summed E-state index contributed by atoms with van der Waals surface area (Å²) >= 11 is 0. The second kappa shape index (κ2) is 7.47. The lowest BCUT2D eigenvalue weighted by atomic mass is 10.1. The standard InChI is InChI=1S/C21H18O3/c1-16-9-5-7-13-19(16)23-15-21(22)24-20-14-8-6-12-18(20)17-10-3-2-4-11-17/h2-14H,15H2,1H3. The summed E-state index contributed by atoms with van der Waals surface area (Å²) < 4.78 is 11.0. The van der Waals surface area contributed by atoms with E-state index < -0.39 is 5.97 Å². The lowest BCUT2D eigenvalue weighted by Gasteiger charge is -2.11. The van der Waals surface area contributed by atoms with E-state index in [2.05, 4.69) is 0 Å². The number of aryl methyl sites for hydroxylation is 1. The number of hydrogen-bond donors (Lipinski definition) is 0. The highest BCUT2D eigenvalue weighted by Gasteiger charge is 2.11. The summed E-state index contributed by atoms with van der Waals surface area (Å²) in [6.45, 7) is 1.80. The fourth-order valence-electron chi connectivity index (χ4n) is 2.42. The highest BCUT2D eigenvalue weighted by atomic mass is 16.6. The Hall–Kier alpha value is -3.07. The Labute approximate surface area is 141 Å². The summed E-state index contributed by atoms with van der Waals surface area (Å²) in [5.41, 5.74) is 2.86. The van der Waals surface area contributed by atoms with Gasteiger partial charge in [0.05, 0.1) is 0 Å². The van der Waals surface area contributed by atoms with Crippen LogP contribution in [0.3, 0.4) is 0 Å². The molecule has 0 amide bonds. The molecule has 3 aromatic rings. The highest BCUT2D eigenvalue weighted by molar-refractivity contribution is 5.78. The van der Waals surface area contributed by atoms with Crippen molar-refractivity contribution in [2.75, 3.05) is 6.61 Å². The molecule has 0 aliphatic rings. The van der Waals surface area contributed by atoms with Crippen molar-refractivity contribution in [3.05, 3.63) is 84.4 Å². The van der Waals surface area contributed by atoms with Crippen molar-refractivity contribution in [2.45, 2.75) is 6.92 Å². The molecule has 0 bridgehead atoms. The van der Waals surface area contributed by atoms with Crippen LogP contribution in [0.15, 0.2) is 78.9 Å². The first kappa shape index (κ1) is 15.8. The van der Waals surface area contributed by atoms with E-state index in [0.29, 0.717) is 11.5 Å². The average molecular weight is 318 g/mol. The second-order valence-corrected chi connectivity index (χ2v) is 5.39. The van der Waals surface area contributed by atoms with Gasteiger partial charge in [-0.15, -0.1) is 0 Å². The predicted octanol–water partition coefficient (Wildman–Crippen LogP) is 4.65. The summed E-state index contributed by atoms with van der Waals surface area (Å²) in [4.78, 5) is 12.1. The summed E-state index contributed by atoms with van der Waals surface area (Å²) in [5.74, 6) is 0.787. The molecule has 0 N–H and O–H groups in total.